The van der Waals surface area contributed by atoms with Crippen molar-refractivity contribution < 1.29 is 14.7 Å². The van der Waals surface area contributed by atoms with Gasteiger partial charge in [0.05, 0.1) is 12.0 Å². The minimum atomic E-state index is -0.924. The molecular weight excluding hydrogens is 276 g/mol. The highest BCUT2D eigenvalue weighted by Crippen LogP contribution is 2.11. The highest BCUT2D eigenvalue weighted by Gasteiger charge is 2.13. The van der Waals surface area contributed by atoms with Crippen molar-refractivity contribution in [1.82, 2.24) is 9.88 Å². The van der Waals surface area contributed by atoms with Gasteiger partial charge in [0.2, 0.25) is 0 Å². The Labute approximate surface area is 101 Å². The molecule has 0 fully saturated rings. The van der Waals surface area contributed by atoms with E-state index in [1.165, 1.54) is 11.1 Å². The average molecular weight is 287 g/mol. The van der Waals surface area contributed by atoms with Crippen molar-refractivity contribution in [2.45, 2.75) is 6.42 Å². The van der Waals surface area contributed by atoms with Gasteiger partial charge >= 0.3 is 5.97 Å². The summed E-state index contributed by atoms with van der Waals surface area (Å²) in [6, 6.07) is 1.65. The maximum Gasteiger partial charge on any atom is 0.305 e. The zero-order valence-electron chi connectivity index (χ0n) is 8.68. The first-order valence-corrected chi connectivity index (χ1v) is 5.38. The molecule has 1 amide bonds. The van der Waals surface area contributed by atoms with Crippen LogP contribution in [0.4, 0.5) is 0 Å². The van der Waals surface area contributed by atoms with E-state index in [0.29, 0.717) is 10.0 Å². The highest BCUT2D eigenvalue weighted by atomic mass is 79.9. The van der Waals surface area contributed by atoms with Gasteiger partial charge in [0.25, 0.3) is 5.91 Å². The first-order chi connectivity index (χ1) is 7.50. The summed E-state index contributed by atoms with van der Waals surface area (Å²) in [7, 11) is 1.56. The summed E-state index contributed by atoms with van der Waals surface area (Å²) in [6.45, 7) is 0.181. The molecule has 1 N–H and O–H groups in total. The molecule has 0 unspecified atom stereocenters. The Balaban J connectivity index is 2.67. The number of nitrogens with zero attached hydrogens (tertiary/aromatic N) is 2. The second kappa shape index (κ2) is 5.60. The number of halogens is 1. The second-order valence-electron chi connectivity index (χ2n) is 3.26. The first-order valence-electron chi connectivity index (χ1n) is 4.58. The number of hydrogen-bond donors (Lipinski definition) is 1. The summed E-state index contributed by atoms with van der Waals surface area (Å²) >= 11 is 3.21. The van der Waals surface area contributed by atoms with E-state index >= 15 is 0 Å². The molecule has 0 bridgehead atoms. The minimum Gasteiger partial charge on any atom is -0.481 e. The van der Waals surface area contributed by atoms with Gasteiger partial charge in [-0.15, -0.1) is 0 Å². The van der Waals surface area contributed by atoms with Crippen molar-refractivity contribution in [2.24, 2.45) is 0 Å². The van der Waals surface area contributed by atoms with E-state index in [1.807, 2.05) is 0 Å². The predicted octanol–water partition coefficient (Wildman–Crippen LogP) is 1.39. The van der Waals surface area contributed by atoms with Crippen LogP contribution in [-0.2, 0) is 4.79 Å². The zero-order valence-corrected chi connectivity index (χ0v) is 10.3. The molecule has 0 aliphatic heterocycles. The highest BCUT2D eigenvalue weighted by molar-refractivity contribution is 9.10. The van der Waals surface area contributed by atoms with E-state index in [1.54, 1.807) is 19.3 Å². The summed E-state index contributed by atoms with van der Waals surface area (Å²) in [6.07, 6.45) is 2.96. The third-order valence-corrected chi connectivity index (χ3v) is 2.39. The van der Waals surface area contributed by atoms with Crippen molar-refractivity contribution in [3.05, 3.63) is 28.5 Å². The van der Waals surface area contributed by atoms with Gasteiger partial charge in [-0.3, -0.25) is 14.6 Å². The molecule has 0 aromatic carbocycles. The van der Waals surface area contributed by atoms with Crippen LogP contribution in [0, 0.1) is 0 Å². The van der Waals surface area contributed by atoms with Crippen molar-refractivity contribution >= 4 is 27.8 Å². The van der Waals surface area contributed by atoms with Crippen molar-refractivity contribution in [3.63, 3.8) is 0 Å². The van der Waals surface area contributed by atoms with Crippen LogP contribution in [0.1, 0.15) is 16.8 Å². The number of carboxylic acid groups (broad SMARTS) is 1. The molecule has 5 nitrogen and oxygen atoms in total. The summed E-state index contributed by atoms with van der Waals surface area (Å²) < 4.78 is 0.713. The van der Waals surface area contributed by atoms with Crippen molar-refractivity contribution in [1.29, 1.82) is 0 Å². The van der Waals surface area contributed by atoms with Crippen molar-refractivity contribution in [2.75, 3.05) is 13.6 Å². The third-order valence-electron chi connectivity index (χ3n) is 1.96. The smallest absolute Gasteiger partial charge is 0.305 e. The molecule has 0 saturated carbocycles. The minimum absolute atomic E-state index is 0.0658. The molecule has 6 heteroatoms. The normalized spacial score (nSPS) is 9.88. The van der Waals surface area contributed by atoms with Crippen LogP contribution in [0.3, 0.4) is 0 Å². The topological polar surface area (TPSA) is 70.5 Å². The lowest BCUT2D eigenvalue weighted by Gasteiger charge is -2.15. The van der Waals surface area contributed by atoms with Crippen LogP contribution in [0.25, 0.3) is 0 Å². The lowest BCUT2D eigenvalue weighted by atomic mass is 10.2. The Kier molecular flexibility index (Phi) is 4.42. The average Bonchev–Trinajstić information content (AvgIpc) is 2.24. The van der Waals surface area contributed by atoms with Gasteiger partial charge in [0, 0.05) is 30.5 Å². The Morgan fingerprint density at radius 2 is 2.19 bits per heavy atom. The van der Waals surface area contributed by atoms with Gasteiger partial charge in [-0.05, 0) is 22.0 Å². The molecule has 1 aromatic rings. The first kappa shape index (κ1) is 12.6. The summed E-state index contributed by atoms with van der Waals surface area (Å²) in [4.78, 5) is 27.4. The van der Waals surface area contributed by atoms with Crippen LogP contribution < -0.4 is 0 Å². The van der Waals surface area contributed by atoms with Gasteiger partial charge in [-0.25, -0.2) is 0 Å². The van der Waals surface area contributed by atoms with E-state index in [-0.39, 0.29) is 18.9 Å². The molecule has 1 aromatic heterocycles. The fourth-order valence-electron chi connectivity index (χ4n) is 1.11. The molecule has 0 saturated heterocycles. The molecule has 16 heavy (non-hydrogen) atoms. The van der Waals surface area contributed by atoms with Gasteiger partial charge in [-0.2, -0.15) is 0 Å². The van der Waals surface area contributed by atoms with Gasteiger partial charge in [0.1, 0.15) is 0 Å². The molecular formula is C10H11BrN2O3. The van der Waals surface area contributed by atoms with Crippen LogP contribution in [0.5, 0.6) is 0 Å². The number of carbonyl (C=O) groups is 2. The van der Waals surface area contributed by atoms with E-state index in [2.05, 4.69) is 20.9 Å². The number of carbonyl (C=O) groups excluding carboxylic acids is 1. The zero-order chi connectivity index (χ0) is 12.1. The fourth-order valence-corrected chi connectivity index (χ4v) is 1.48. The lowest BCUT2D eigenvalue weighted by Crippen LogP contribution is -2.29. The molecule has 0 aliphatic carbocycles. The molecule has 0 radical (unpaired) electrons. The molecule has 86 valence electrons. The Hall–Kier alpha value is -1.43. The Bertz CT molecular complexity index is 409. The number of amides is 1. The number of pyridine rings is 1. The second-order valence-corrected chi connectivity index (χ2v) is 4.18. The molecule has 0 aliphatic rings. The van der Waals surface area contributed by atoms with Crippen molar-refractivity contribution in [3.8, 4) is 0 Å². The number of rotatable bonds is 4. The largest absolute Gasteiger partial charge is 0.481 e. The number of carboxylic acids is 1. The van der Waals surface area contributed by atoms with Gasteiger partial charge in [0.15, 0.2) is 0 Å². The number of aromatic nitrogens is 1. The summed E-state index contributed by atoms with van der Waals surface area (Å²) in [5.41, 5.74) is 0.433. The molecule has 1 rings (SSSR count). The van der Waals surface area contributed by atoms with E-state index in [4.69, 9.17) is 5.11 Å². The Morgan fingerprint density at radius 3 is 2.75 bits per heavy atom. The summed E-state index contributed by atoms with van der Waals surface area (Å²) in [5, 5.41) is 8.50. The molecule has 0 spiro atoms. The van der Waals surface area contributed by atoms with Gasteiger partial charge < -0.3 is 10.0 Å². The monoisotopic (exact) mass is 286 g/mol. The maximum atomic E-state index is 11.8. The molecule has 1 heterocycles. The maximum absolute atomic E-state index is 11.8. The third kappa shape index (κ3) is 3.62. The number of aliphatic carboxylic acids is 1. The van der Waals surface area contributed by atoms with Gasteiger partial charge in [-0.1, -0.05) is 0 Å². The SMILES string of the molecule is CN(CCC(=O)O)C(=O)c1cncc(Br)c1. The fraction of sp³-hybridized carbons (Fsp3) is 0.300. The predicted molar refractivity (Wildman–Crippen MR) is 61.2 cm³/mol. The quantitative estimate of drug-likeness (QED) is 0.908. The standard InChI is InChI=1S/C10H11BrN2O3/c1-13(3-2-9(14)15)10(16)7-4-8(11)6-12-5-7/h4-6H,2-3H2,1H3,(H,14,15). The van der Waals surface area contributed by atoms with Crippen LogP contribution in [0.2, 0.25) is 0 Å². The molecule has 0 atom stereocenters. The Morgan fingerprint density at radius 1 is 1.50 bits per heavy atom. The lowest BCUT2D eigenvalue weighted by molar-refractivity contribution is -0.137. The van der Waals surface area contributed by atoms with E-state index in [0.717, 1.165) is 0 Å². The van der Waals surface area contributed by atoms with Crippen LogP contribution >= 0.6 is 15.9 Å². The number of hydrogen-bond acceptors (Lipinski definition) is 3. The van der Waals surface area contributed by atoms with E-state index in [9.17, 15) is 9.59 Å². The summed E-state index contributed by atoms with van der Waals surface area (Å²) in [5.74, 6) is -1.16. The van der Waals surface area contributed by atoms with E-state index < -0.39 is 5.97 Å². The van der Waals surface area contributed by atoms with Crippen LogP contribution in [0.15, 0.2) is 22.9 Å². The van der Waals surface area contributed by atoms with Crippen LogP contribution in [-0.4, -0.2) is 40.5 Å².